The van der Waals surface area contributed by atoms with Gasteiger partial charge in [-0.2, -0.15) is 0 Å². The quantitative estimate of drug-likeness (QED) is 0.581. The highest BCUT2D eigenvalue weighted by molar-refractivity contribution is 5.60. The van der Waals surface area contributed by atoms with E-state index >= 15 is 0 Å². The summed E-state index contributed by atoms with van der Waals surface area (Å²) in [6.07, 6.45) is 13.7. The average molecular weight is 175 g/mol. The maximum absolute atomic E-state index is 4.42. The van der Waals surface area contributed by atoms with Crippen LogP contribution in [0.3, 0.4) is 0 Å². The van der Waals surface area contributed by atoms with E-state index < -0.39 is 0 Å². The number of aliphatic imine (C=N–C) groups is 1. The van der Waals surface area contributed by atoms with Crippen molar-refractivity contribution in [2.45, 2.75) is 33.1 Å². The fourth-order valence-electron chi connectivity index (χ4n) is 1.32. The molecule has 13 heavy (non-hydrogen) atoms. The Kier molecular flexibility index (Phi) is 4.24. The maximum Gasteiger partial charge on any atom is 0.0657 e. The molecule has 1 aliphatic carbocycles. The number of allylic oxidation sites excluding steroid dienone is 5. The first kappa shape index (κ1) is 9.97. The number of hydrogen-bond donors (Lipinski definition) is 0. The van der Waals surface area contributed by atoms with Gasteiger partial charge in [-0.15, -0.1) is 0 Å². The van der Waals surface area contributed by atoms with E-state index in [9.17, 15) is 0 Å². The smallest absolute Gasteiger partial charge is 0.0657 e. The molecule has 1 rings (SSSR count). The molecule has 0 saturated carbocycles. The van der Waals surface area contributed by atoms with E-state index in [4.69, 9.17) is 0 Å². The normalized spacial score (nSPS) is 19.8. The van der Waals surface area contributed by atoms with Gasteiger partial charge in [0.2, 0.25) is 0 Å². The highest BCUT2D eigenvalue weighted by Gasteiger charge is 2.03. The molecule has 0 saturated heterocycles. The monoisotopic (exact) mass is 175 g/mol. The molecular formula is C12H17N. The molecular weight excluding hydrogens is 158 g/mol. The number of rotatable bonds is 3. The summed E-state index contributed by atoms with van der Waals surface area (Å²) < 4.78 is 0. The zero-order chi connectivity index (χ0) is 9.52. The minimum atomic E-state index is 1.00. The molecule has 1 heteroatoms. The summed E-state index contributed by atoms with van der Waals surface area (Å²) in [7, 11) is 0. The SMILES string of the molecule is CCC=NC1=CC=CCC1=CCC. The summed E-state index contributed by atoms with van der Waals surface area (Å²) in [5.74, 6) is 0. The van der Waals surface area contributed by atoms with Gasteiger partial charge >= 0.3 is 0 Å². The van der Waals surface area contributed by atoms with Gasteiger partial charge in [-0.3, -0.25) is 4.99 Å². The molecule has 0 spiro atoms. The van der Waals surface area contributed by atoms with Crippen molar-refractivity contribution in [2.75, 3.05) is 0 Å². The van der Waals surface area contributed by atoms with E-state index in [-0.39, 0.29) is 0 Å². The predicted octanol–water partition coefficient (Wildman–Crippen LogP) is 3.65. The molecule has 0 aromatic heterocycles. The lowest BCUT2D eigenvalue weighted by Crippen LogP contribution is -1.90. The van der Waals surface area contributed by atoms with Gasteiger partial charge in [0.25, 0.3) is 0 Å². The Morgan fingerprint density at radius 3 is 2.92 bits per heavy atom. The van der Waals surface area contributed by atoms with Crippen molar-refractivity contribution in [3.63, 3.8) is 0 Å². The second kappa shape index (κ2) is 5.52. The summed E-state index contributed by atoms with van der Waals surface area (Å²) >= 11 is 0. The first-order chi connectivity index (χ1) is 6.38. The summed E-state index contributed by atoms with van der Waals surface area (Å²) in [6.45, 7) is 4.26. The zero-order valence-electron chi connectivity index (χ0n) is 8.46. The van der Waals surface area contributed by atoms with Crippen LogP contribution in [0.5, 0.6) is 0 Å². The third kappa shape index (κ3) is 3.02. The predicted molar refractivity (Wildman–Crippen MR) is 59.0 cm³/mol. The van der Waals surface area contributed by atoms with Crippen LogP contribution in [-0.2, 0) is 0 Å². The second-order valence-corrected chi connectivity index (χ2v) is 3.04. The van der Waals surface area contributed by atoms with Crippen molar-refractivity contribution in [1.29, 1.82) is 0 Å². The molecule has 0 radical (unpaired) electrons. The molecule has 0 heterocycles. The van der Waals surface area contributed by atoms with Crippen LogP contribution in [0.4, 0.5) is 0 Å². The fraction of sp³-hybridized carbons (Fsp3) is 0.417. The summed E-state index contributed by atoms with van der Waals surface area (Å²) in [5, 5.41) is 0. The average Bonchev–Trinajstić information content (AvgIpc) is 2.17. The van der Waals surface area contributed by atoms with Gasteiger partial charge in [0, 0.05) is 6.21 Å². The van der Waals surface area contributed by atoms with E-state index in [1.165, 1.54) is 5.57 Å². The second-order valence-electron chi connectivity index (χ2n) is 3.04. The van der Waals surface area contributed by atoms with Crippen LogP contribution in [-0.4, -0.2) is 6.21 Å². The van der Waals surface area contributed by atoms with Crippen molar-refractivity contribution < 1.29 is 0 Å². The van der Waals surface area contributed by atoms with Crippen molar-refractivity contribution in [3.05, 3.63) is 35.6 Å². The minimum Gasteiger partial charge on any atom is -0.261 e. The van der Waals surface area contributed by atoms with Crippen molar-refractivity contribution in [2.24, 2.45) is 4.99 Å². The Balaban J connectivity index is 2.77. The Morgan fingerprint density at radius 1 is 1.38 bits per heavy atom. The van der Waals surface area contributed by atoms with Crippen LogP contribution in [0.2, 0.25) is 0 Å². The molecule has 1 aliphatic rings. The van der Waals surface area contributed by atoms with E-state index in [0.717, 1.165) is 25.0 Å². The van der Waals surface area contributed by atoms with Crippen molar-refractivity contribution >= 4 is 6.21 Å². The number of nitrogens with zero attached hydrogens (tertiary/aromatic N) is 1. The minimum absolute atomic E-state index is 1.00. The van der Waals surface area contributed by atoms with Crippen molar-refractivity contribution in [3.8, 4) is 0 Å². The molecule has 0 fully saturated rings. The molecule has 0 aliphatic heterocycles. The number of hydrogen-bond acceptors (Lipinski definition) is 1. The summed E-state index contributed by atoms with van der Waals surface area (Å²) in [6, 6.07) is 0. The molecule has 0 aromatic carbocycles. The topological polar surface area (TPSA) is 12.4 Å². The van der Waals surface area contributed by atoms with Gasteiger partial charge < -0.3 is 0 Å². The summed E-state index contributed by atoms with van der Waals surface area (Å²) in [5.41, 5.74) is 2.49. The van der Waals surface area contributed by atoms with Crippen LogP contribution in [0.25, 0.3) is 0 Å². The largest absolute Gasteiger partial charge is 0.261 e. The van der Waals surface area contributed by atoms with Crippen LogP contribution in [0, 0.1) is 0 Å². The lowest BCUT2D eigenvalue weighted by atomic mass is 10.0. The van der Waals surface area contributed by atoms with E-state index in [0.29, 0.717) is 0 Å². The zero-order valence-corrected chi connectivity index (χ0v) is 8.46. The van der Waals surface area contributed by atoms with Gasteiger partial charge in [0.15, 0.2) is 0 Å². The third-order valence-corrected chi connectivity index (χ3v) is 1.92. The van der Waals surface area contributed by atoms with Crippen LogP contribution in [0.1, 0.15) is 33.1 Å². The highest BCUT2D eigenvalue weighted by Crippen LogP contribution is 2.20. The van der Waals surface area contributed by atoms with Crippen LogP contribution < -0.4 is 0 Å². The first-order valence-corrected chi connectivity index (χ1v) is 4.97. The maximum atomic E-state index is 4.42. The Hall–Kier alpha value is -1.11. The molecule has 0 bridgehead atoms. The highest BCUT2D eigenvalue weighted by atomic mass is 14.7. The lowest BCUT2D eigenvalue weighted by molar-refractivity contribution is 1.09. The van der Waals surface area contributed by atoms with E-state index in [2.05, 4.69) is 43.1 Å². The van der Waals surface area contributed by atoms with Crippen molar-refractivity contribution in [1.82, 2.24) is 0 Å². The molecule has 0 N–H and O–H groups in total. The molecule has 0 aromatic rings. The fourth-order valence-corrected chi connectivity index (χ4v) is 1.32. The van der Waals surface area contributed by atoms with Gasteiger partial charge in [-0.05, 0) is 30.9 Å². The molecule has 0 atom stereocenters. The van der Waals surface area contributed by atoms with Gasteiger partial charge in [0.05, 0.1) is 5.70 Å². The van der Waals surface area contributed by atoms with E-state index in [1.807, 2.05) is 6.21 Å². The van der Waals surface area contributed by atoms with Gasteiger partial charge in [-0.1, -0.05) is 32.1 Å². The third-order valence-electron chi connectivity index (χ3n) is 1.92. The first-order valence-electron chi connectivity index (χ1n) is 4.97. The van der Waals surface area contributed by atoms with Crippen LogP contribution >= 0.6 is 0 Å². The van der Waals surface area contributed by atoms with Gasteiger partial charge in [0.1, 0.15) is 0 Å². The summed E-state index contributed by atoms with van der Waals surface area (Å²) in [4.78, 5) is 4.42. The molecule has 0 unspecified atom stereocenters. The van der Waals surface area contributed by atoms with Crippen LogP contribution in [0.15, 0.2) is 40.6 Å². The van der Waals surface area contributed by atoms with E-state index in [1.54, 1.807) is 0 Å². The Labute approximate surface area is 80.6 Å². The van der Waals surface area contributed by atoms with Gasteiger partial charge in [-0.25, -0.2) is 0 Å². The molecule has 70 valence electrons. The Bertz CT molecular complexity index is 267. The molecule has 1 nitrogen and oxygen atoms in total. The molecule has 0 amide bonds. The lowest BCUT2D eigenvalue weighted by Gasteiger charge is -2.08. The standard InChI is InChI=1S/C12H17N/c1-3-7-11-8-5-6-9-12(11)13-10-4-2/h5-7,9-10H,3-4,8H2,1-2H3. The Morgan fingerprint density at radius 2 is 2.23 bits per heavy atom.